The molecular formula is C16H22ClNO6S. The molecule has 9 heteroatoms. The van der Waals surface area contributed by atoms with Crippen molar-refractivity contribution in [2.45, 2.75) is 43.2 Å². The maximum absolute atomic E-state index is 13.1. The van der Waals surface area contributed by atoms with Crippen LogP contribution in [0.4, 0.5) is 0 Å². The molecule has 1 aliphatic rings. The smallest absolute Gasteiger partial charge is 0.322 e. The molecule has 2 unspecified atom stereocenters. The number of hydrogen-bond acceptors (Lipinski definition) is 5. The number of carboxylic acid groups (broad SMARTS) is 1. The topological polar surface area (TPSA) is 93.1 Å². The lowest BCUT2D eigenvalue weighted by Crippen LogP contribution is -2.47. The van der Waals surface area contributed by atoms with Crippen LogP contribution in [-0.2, 0) is 19.6 Å². The van der Waals surface area contributed by atoms with Gasteiger partial charge in [-0.25, -0.2) is 8.42 Å². The first-order valence-corrected chi connectivity index (χ1v) is 9.79. The minimum Gasteiger partial charge on any atom is -0.487 e. The van der Waals surface area contributed by atoms with Gasteiger partial charge in [0.1, 0.15) is 22.8 Å². The second-order valence-electron chi connectivity index (χ2n) is 5.94. The van der Waals surface area contributed by atoms with Gasteiger partial charge in [0.2, 0.25) is 10.0 Å². The van der Waals surface area contributed by atoms with Gasteiger partial charge in [-0.15, -0.1) is 0 Å². The number of sulfonamides is 1. The first kappa shape index (κ1) is 20.0. The summed E-state index contributed by atoms with van der Waals surface area (Å²) in [6.45, 7) is 2.18. The number of halogens is 1. The summed E-state index contributed by atoms with van der Waals surface area (Å²) in [4.78, 5) is 11.3. The summed E-state index contributed by atoms with van der Waals surface area (Å²) in [6.07, 6.45) is 1.19. The lowest BCUT2D eigenvalue weighted by molar-refractivity contribution is -0.142. The van der Waals surface area contributed by atoms with E-state index >= 15 is 0 Å². The predicted octanol–water partition coefficient (Wildman–Crippen LogP) is 2.38. The van der Waals surface area contributed by atoms with Gasteiger partial charge >= 0.3 is 5.97 Å². The van der Waals surface area contributed by atoms with Crippen LogP contribution in [-0.4, -0.2) is 56.2 Å². The highest BCUT2D eigenvalue weighted by Gasteiger charge is 2.39. The zero-order valence-corrected chi connectivity index (χ0v) is 15.7. The molecule has 2 rings (SSSR count). The summed E-state index contributed by atoms with van der Waals surface area (Å²) < 4.78 is 37.9. The van der Waals surface area contributed by atoms with Crippen LogP contribution in [0.5, 0.6) is 5.75 Å². The molecule has 1 N–H and O–H groups in total. The molecule has 0 radical (unpaired) electrons. The molecule has 0 spiro atoms. The molecule has 1 aliphatic heterocycles. The highest BCUT2D eigenvalue weighted by molar-refractivity contribution is 7.89. The Morgan fingerprint density at radius 1 is 1.44 bits per heavy atom. The van der Waals surface area contributed by atoms with E-state index in [1.165, 1.54) is 25.3 Å². The van der Waals surface area contributed by atoms with Crippen LogP contribution >= 0.6 is 11.6 Å². The lowest BCUT2D eigenvalue weighted by atomic mass is 10.1. The highest BCUT2D eigenvalue weighted by Crippen LogP contribution is 2.33. The summed E-state index contributed by atoms with van der Waals surface area (Å²) in [5, 5.41) is 9.61. The van der Waals surface area contributed by atoms with E-state index in [9.17, 15) is 18.3 Å². The standard InChI is InChI=1S/C16H22ClNO6S/c1-11(10-23-2)24-14-7-6-12(17)9-15(14)25(21,22)18-8-4-3-5-13(18)16(19)20/h6-7,9,11,13H,3-5,8,10H2,1-2H3,(H,19,20). The minimum atomic E-state index is -4.07. The monoisotopic (exact) mass is 391 g/mol. The zero-order valence-electron chi connectivity index (χ0n) is 14.1. The fourth-order valence-corrected chi connectivity index (χ4v) is 4.87. The van der Waals surface area contributed by atoms with Gasteiger partial charge < -0.3 is 14.6 Å². The summed E-state index contributed by atoms with van der Waals surface area (Å²) in [6, 6.07) is 3.21. The van der Waals surface area contributed by atoms with Gasteiger partial charge in [0.05, 0.1) is 6.61 Å². The number of aliphatic carboxylic acids is 1. The van der Waals surface area contributed by atoms with Gasteiger partial charge in [0.25, 0.3) is 0 Å². The van der Waals surface area contributed by atoms with Crippen molar-refractivity contribution in [3.8, 4) is 5.75 Å². The van der Waals surface area contributed by atoms with Crippen molar-refractivity contribution in [1.29, 1.82) is 0 Å². The van der Waals surface area contributed by atoms with Gasteiger partial charge in [0.15, 0.2) is 0 Å². The van der Waals surface area contributed by atoms with Crippen LogP contribution in [0.25, 0.3) is 0 Å². The largest absolute Gasteiger partial charge is 0.487 e. The second-order valence-corrected chi connectivity index (χ2v) is 8.24. The molecule has 140 valence electrons. The van der Waals surface area contributed by atoms with E-state index in [-0.39, 0.29) is 41.3 Å². The Morgan fingerprint density at radius 3 is 2.80 bits per heavy atom. The van der Waals surface area contributed by atoms with Crippen LogP contribution in [0.2, 0.25) is 5.02 Å². The third kappa shape index (κ3) is 4.63. The van der Waals surface area contributed by atoms with E-state index in [4.69, 9.17) is 21.1 Å². The molecule has 2 atom stereocenters. The van der Waals surface area contributed by atoms with Crippen molar-refractivity contribution in [1.82, 2.24) is 4.31 Å². The number of hydrogen-bond donors (Lipinski definition) is 1. The Kier molecular flexibility index (Phi) is 6.67. The second kappa shape index (κ2) is 8.35. The van der Waals surface area contributed by atoms with Crippen LogP contribution in [0, 0.1) is 0 Å². The van der Waals surface area contributed by atoms with Crippen molar-refractivity contribution < 1.29 is 27.8 Å². The minimum absolute atomic E-state index is 0.128. The SMILES string of the molecule is COCC(C)Oc1ccc(Cl)cc1S(=O)(=O)N1CCCCC1C(=O)O. The molecule has 7 nitrogen and oxygen atoms in total. The number of carbonyl (C=O) groups is 1. The van der Waals surface area contributed by atoms with Crippen molar-refractivity contribution in [2.24, 2.45) is 0 Å². The average Bonchev–Trinajstić information content (AvgIpc) is 2.56. The number of nitrogens with zero attached hydrogens (tertiary/aromatic N) is 1. The van der Waals surface area contributed by atoms with E-state index in [2.05, 4.69) is 0 Å². The Hall–Kier alpha value is -1.35. The van der Waals surface area contributed by atoms with E-state index < -0.39 is 22.0 Å². The van der Waals surface area contributed by atoms with Gasteiger partial charge in [-0.1, -0.05) is 11.6 Å². The highest BCUT2D eigenvalue weighted by atomic mass is 35.5. The Morgan fingerprint density at radius 2 is 2.16 bits per heavy atom. The van der Waals surface area contributed by atoms with E-state index in [1.807, 2.05) is 0 Å². The number of ether oxygens (including phenoxy) is 2. The molecule has 1 heterocycles. The van der Waals surface area contributed by atoms with Gasteiger partial charge in [0, 0.05) is 18.7 Å². The molecule has 0 aromatic heterocycles. The molecule has 0 amide bonds. The van der Waals surface area contributed by atoms with Crippen molar-refractivity contribution >= 4 is 27.6 Å². The van der Waals surface area contributed by atoms with Gasteiger partial charge in [-0.2, -0.15) is 4.31 Å². The lowest BCUT2D eigenvalue weighted by Gasteiger charge is -2.32. The van der Waals surface area contributed by atoms with Crippen LogP contribution in [0.15, 0.2) is 23.1 Å². The maximum atomic E-state index is 13.1. The summed E-state index contributed by atoms with van der Waals surface area (Å²) in [5.41, 5.74) is 0. The number of methoxy groups -OCH3 is 1. The molecule has 0 saturated carbocycles. The van der Waals surface area contributed by atoms with Crippen molar-refractivity contribution in [3.05, 3.63) is 23.2 Å². The van der Waals surface area contributed by atoms with Gasteiger partial charge in [-0.05, 0) is 44.4 Å². The fraction of sp³-hybridized carbons (Fsp3) is 0.562. The summed E-state index contributed by atoms with van der Waals surface area (Å²) >= 11 is 5.98. The molecule has 0 bridgehead atoms. The third-order valence-corrected chi connectivity index (χ3v) is 6.13. The fourth-order valence-electron chi connectivity index (χ4n) is 2.83. The molecule has 0 aliphatic carbocycles. The number of benzene rings is 1. The average molecular weight is 392 g/mol. The van der Waals surface area contributed by atoms with Gasteiger partial charge in [-0.3, -0.25) is 4.79 Å². The van der Waals surface area contributed by atoms with Crippen molar-refractivity contribution in [2.75, 3.05) is 20.3 Å². The van der Waals surface area contributed by atoms with E-state index in [0.29, 0.717) is 12.8 Å². The Balaban J connectivity index is 2.43. The molecular weight excluding hydrogens is 370 g/mol. The Bertz CT molecular complexity index is 723. The number of piperidine rings is 1. The van der Waals surface area contributed by atoms with Crippen molar-refractivity contribution in [3.63, 3.8) is 0 Å². The molecule has 1 saturated heterocycles. The predicted molar refractivity (Wildman–Crippen MR) is 92.6 cm³/mol. The van der Waals surface area contributed by atoms with E-state index in [0.717, 1.165) is 4.31 Å². The first-order chi connectivity index (χ1) is 11.8. The third-order valence-electron chi connectivity index (χ3n) is 3.96. The van der Waals surface area contributed by atoms with Crippen LogP contribution in [0.1, 0.15) is 26.2 Å². The molecule has 25 heavy (non-hydrogen) atoms. The quantitative estimate of drug-likeness (QED) is 0.767. The normalized spacial score (nSPS) is 20.2. The zero-order chi connectivity index (χ0) is 18.6. The summed E-state index contributed by atoms with van der Waals surface area (Å²) in [7, 11) is -2.55. The van der Waals surface area contributed by atoms with Crippen LogP contribution in [0.3, 0.4) is 0 Å². The maximum Gasteiger partial charge on any atom is 0.322 e. The molecule has 1 aromatic carbocycles. The number of rotatable bonds is 7. The van der Waals surface area contributed by atoms with Crippen LogP contribution < -0.4 is 4.74 Å². The molecule has 1 fully saturated rings. The number of carboxylic acids is 1. The first-order valence-electron chi connectivity index (χ1n) is 7.97. The summed E-state index contributed by atoms with van der Waals surface area (Å²) in [5.74, 6) is -1.02. The molecule has 1 aromatic rings. The van der Waals surface area contributed by atoms with E-state index in [1.54, 1.807) is 6.92 Å². The Labute approximate surface area is 152 Å².